The number of halogens is 1. The quantitative estimate of drug-likeness (QED) is 0.455. The van der Waals surface area contributed by atoms with Crippen molar-refractivity contribution in [2.75, 3.05) is 16.8 Å². The molecule has 0 radical (unpaired) electrons. The van der Waals surface area contributed by atoms with Crippen molar-refractivity contribution in [2.24, 2.45) is 0 Å². The third-order valence-corrected chi connectivity index (χ3v) is 3.10. The molecule has 0 spiro atoms. The molecule has 0 aliphatic heterocycles. The number of rotatable bonds is 4. The predicted molar refractivity (Wildman–Crippen MR) is 80.4 cm³/mol. The minimum Gasteiger partial charge on any atom is -0.399 e. The van der Waals surface area contributed by atoms with E-state index in [1.54, 1.807) is 25.1 Å². The summed E-state index contributed by atoms with van der Waals surface area (Å²) in [5.41, 5.74) is 13.2. The van der Waals surface area contributed by atoms with Crippen LogP contribution in [0.4, 0.5) is 27.1 Å². The lowest BCUT2D eigenvalue weighted by atomic mass is 10.0. The van der Waals surface area contributed by atoms with E-state index >= 15 is 0 Å². The van der Waals surface area contributed by atoms with Gasteiger partial charge in [-0.25, -0.2) is 4.39 Å². The molecule has 5 N–H and O–H groups in total. The molecule has 0 amide bonds. The van der Waals surface area contributed by atoms with Gasteiger partial charge in [-0.05, 0) is 36.8 Å². The number of benzene rings is 2. The van der Waals surface area contributed by atoms with E-state index in [0.29, 0.717) is 16.9 Å². The highest BCUT2D eigenvalue weighted by atomic mass is 19.1. The summed E-state index contributed by atoms with van der Waals surface area (Å²) in [5.74, 6) is -0.559. The number of nitro groups is 1. The molecular weight excluding hydrogens is 275 g/mol. The van der Waals surface area contributed by atoms with Crippen molar-refractivity contribution >= 4 is 22.7 Å². The summed E-state index contributed by atoms with van der Waals surface area (Å²) in [6.07, 6.45) is 0. The lowest BCUT2D eigenvalue weighted by Crippen LogP contribution is -2.11. The van der Waals surface area contributed by atoms with Crippen molar-refractivity contribution in [3.05, 3.63) is 57.9 Å². The van der Waals surface area contributed by atoms with E-state index in [-0.39, 0.29) is 17.4 Å². The molecule has 2 aromatic rings. The number of anilines is 3. The van der Waals surface area contributed by atoms with Gasteiger partial charge < -0.3 is 16.8 Å². The minimum absolute atomic E-state index is 0.0920. The van der Waals surface area contributed by atoms with Crippen molar-refractivity contribution in [3.63, 3.8) is 0 Å². The van der Waals surface area contributed by atoms with Crippen molar-refractivity contribution < 1.29 is 9.31 Å². The highest BCUT2D eigenvalue weighted by Crippen LogP contribution is 2.31. The van der Waals surface area contributed by atoms with Crippen LogP contribution in [0.1, 0.15) is 18.5 Å². The van der Waals surface area contributed by atoms with Gasteiger partial charge in [0.05, 0.1) is 11.0 Å². The Morgan fingerprint density at radius 3 is 2.62 bits per heavy atom. The number of hydrogen-bond donors (Lipinski definition) is 3. The maximum atomic E-state index is 13.3. The second-order valence-electron chi connectivity index (χ2n) is 4.67. The third kappa shape index (κ3) is 3.19. The van der Waals surface area contributed by atoms with Gasteiger partial charge in [0.15, 0.2) is 0 Å². The molecule has 7 heteroatoms. The first-order chi connectivity index (χ1) is 9.88. The van der Waals surface area contributed by atoms with Crippen LogP contribution in [-0.4, -0.2) is 4.92 Å². The number of nitro benzene ring substituents is 1. The summed E-state index contributed by atoms with van der Waals surface area (Å²) in [6, 6.07) is 7.87. The number of nitrogens with zero attached hydrogens (tertiary/aromatic N) is 1. The first-order valence-corrected chi connectivity index (χ1v) is 6.24. The molecule has 1 atom stereocenters. The average Bonchev–Trinajstić information content (AvgIpc) is 2.41. The highest BCUT2D eigenvalue weighted by Gasteiger charge is 2.18. The van der Waals surface area contributed by atoms with Crippen LogP contribution in [0.25, 0.3) is 0 Å². The molecule has 0 heterocycles. The summed E-state index contributed by atoms with van der Waals surface area (Å²) < 4.78 is 13.3. The monoisotopic (exact) mass is 290 g/mol. The van der Waals surface area contributed by atoms with Crippen LogP contribution in [0.15, 0.2) is 36.4 Å². The van der Waals surface area contributed by atoms with Crippen LogP contribution < -0.4 is 16.8 Å². The standard InChI is InChI=1S/C14H15FN4O2/c1-8(11-7-10(16)3-4-12(11)17)18-13-6-9(15)2-5-14(13)19(20)21/h2-8,18H,16-17H2,1H3. The van der Waals surface area contributed by atoms with Gasteiger partial charge >= 0.3 is 0 Å². The van der Waals surface area contributed by atoms with Gasteiger partial charge in [0.25, 0.3) is 5.69 Å². The molecule has 0 fully saturated rings. The second-order valence-corrected chi connectivity index (χ2v) is 4.67. The summed E-state index contributed by atoms with van der Waals surface area (Å²) in [4.78, 5) is 10.4. The zero-order valence-electron chi connectivity index (χ0n) is 11.3. The summed E-state index contributed by atoms with van der Waals surface area (Å²) in [6.45, 7) is 1.76. The van der Waals surface area contributed by atoms with Crippen LogP contribution in [0.3, 0.4) is 0 Å². The molecule has 0 aliphatic carbocycles. The number of nitrogens with one attached hydrogen (secondary N) is 1. The Kier molecular flexibility index (Phi) is 3.93. The van der Waals surface area contributed by atoms with E-state index in [9.17, 15) is 14.5 Å². The zero-order chi connectivity index (χ0) is 15.6. The van der Waals surface area contributed by atoms with Crippen LogP contribution in [0.5, 0.6) is 0 Å². The first kappa shape index (κ1) is 14.6. The van der Waals surface area contributed by atoms with Crippen molar-refractivity contribution in [1.29, 1.82) is 0 Å². The minimum atomic E-state index is -0.572. The van der Waals surface area contributed by atoms with Crippen molar-refractivity contribution in [3.8, 4) is 0 Å². The first-order valence-electron chi connectivity index (χ1n) is 6.24. The summed E-state index contributed by atoms with van der Waals surface area (Å²) >= 11 is 0. The molecule has 2 aromatic carbocycles. The van der Waals surface area contributed by atoms with E-state index in [4.69, 9.17) is 11.5 Å². The Balaban J connectivity index is 2.35. The molecule has 2 rings (SSSR count). The molecule has 0 aliphatic rings. The number of nitrogen functional groups attached to an aromatic ring is 2. The largest absolute Gasteiger partial charge is 0.399 e. The Labute approximate surface area is 120 Å². The number of nitrogens with two attached hydrogens (primary N) is 2. The van der Waals surface area contributed by atoms with E-state index in [2.05, 4.69) is 5.32 Å². The smallest absolute Gasteiger partial charge is 0.292 e. The lowest BCUT2D eigenvalue weighted by molar-refractivity contribution is -0.384. The van der Waals surface area contributed by atoms with Gasteiger partial charge in [-0.2, -0.15) is 0 Å². The third-order valence-electron chi connectivity index (χ3n) is 3.10. The van der Waals surface area contributed by atoms with Crippen LogP contribution in [0, 0.1) is 15.9 Å². The lowest BCUT2D eigenvalue weighted by Gasteiger charge is -2.18. The van der Waals surface area contributed by atoms with Gasteiger partial charge in [-0.3, -0.25) is 10.1 Å². The Morgan fingerprint density at radius 2 is 1.95 bits per heavy atom. The Bertz CT molecular complexity index is 691. The second kappa shape index (κ2) is 5.66. The van der Waals surface area contributed by atoms with E-state index < -0.39 is 10.7 Å². The molecule has 6 nitrogen and oxygen atoms in total. The fraction of sp³-hybridized carbons (Fsp3) is 0.143. The average molecular weight is 290 g/mol. The SMILES string of the molecule is CC(Nc1cc(F)ccc1[N+](=O)[O-])c1cc(N)ccc1N. The molecule has 110 valence electrons. The molecule has 0 aromatic heterocycles. The van der Waals surface area contributed by atoms with Crippen LogP contribution in [0.2, 0.25) is 0 Å². The molecule has 0 saturated heterocycles. The normalized spacial score (nSPS) is 11.9. The molecular formula is C14H15FN4O2. The van der Waals surface area contributed by atoms with Gasteiger partial charge in [0.1, 0.15) is 11.5 Å². The van der Waals surface area contributed by atoms with E-state index in [1.807, 2.05) is 0 Å². The fourth-order valence-electron chi connectivity index (χ4n) is 2.06. The summed E-state index contributed by atoms with van der Waals surface area (Å²) in [7, 11) is 0. The number of hydrogen-bond acceptors (Lipinski definition) is 5. The van der Waals surface area contributed by atoms with Crippen LogP contribution >= 0.6 is 0 Å². The van der Waals surface area contributed by atoms with Crippen molar-refractivity contribution in [1.82, 2.24) is 0 Å². The highest BCUT2D eigenvalue weighted by molar-refractivity contribution is 5.64. The van der Waals surface area contributed by atoms with Gasteiger partial charge in [0, 0.05) is 23.5 Å². The van der Waals surface area contributed by atoms with E-state index in [1.165, 1.54) is 0 Å². The van der Waals surface area contributed by atoms with Crippen LogP contribution in [-0.2, 0) is 0 Å². The molecule has 0 bridgehead atoms. The van der Waals surface area contributed by atoms with E-state index in [0.717, 1.165) is 18.2 Å². The fourth-order valence-corrected chi connectivity index (χ4v) is 2.06. The summed E-state index contributed by atoms with van der Waals surface area (Å²) in [5, 5.41) is 13.9. The maximum absolute atomic E-state index is 13.3. The van der Waals surface area contributed by atoms with Gasteiger partial charge in [0.2, 0.25) is 0 Å². The van der Waals surface area contributed by atoms with Crippen molar-refractivity contribution in [2.45, 2.75) is 13.0 Å². The maximum Gasteiger partial charge on any atom is 0.292 e. The predicted octanol–water partition coefficient (Wildman–Crippen LogP) is 3.07. The molecule has 21 heavy (non-hydrogen) atoms. The zero-order valence-corrected chi connectivity index (χ0v) is 11.3. The Morgan fingerprint density at radius 1 is 1.24 bits per heavy atom. The van der Waals surface area contributed by atoms with Gasteiger partial charge in [-0.15, -0.1) is 0 Å². The topological polar surface area (TPSA) is 107 Å². The van der Waals surface area contributed by atoms with Gasteiger partial charge in [-0.1, -0.05) is 0 Å². The Hall–Kier alpha value is -2.83. The molecule has 0 saturated carbocycles. The molecule has 1 unspecified atom stereocenters.